The van der Waals surface area contributed by atoms with E-state index in [1.165, 1.54) is 0 Å². The number of rotatable bonds is 10. The maximum atomic E-state index is 6.41. The van der Waals surface area contributed by atoms with E-state index >= 15 is 0 Å². The zero-order valence-corrected chi connectivity index (χ0v) is 20.9. The van der Waals surface area contributed by atoms with Gasteiger partial charge >= 0.3 is 0 Å². The summed E-state index contributed by atoms with van der Waals surface area (Å²) in [4.78, 5) is 0. The van der Waals surface area contributed by atoms with E-state index in [2.05, 4.69) is 90.0 Å². The molecule has 0 amide bonds. The van der Waals surface area contributed by atoms with E-state index in [1.807, 2.05) is 0 Å². The Morgan fingerprint density at radius 2 is 1.23 bits per heavy atom. The lowest BCUT2D eigenvalue weighted by Gasteiger charge is -2.44. The van der Waals surface area contributed by atoms with Crippen LogP contribution in [0.25, 0.3) is 0 Å². The molecule has 2 nitrogen and oxygen atoms in total. The van der Waals surface area contributed by atoms with Gasteiger partial charge in [-0.25, -0.2) is 0 Å². The summed E-state index contributed by atoms with van der Waals surface area (Å²) in [5, 5.41) is 0. The van der Waals surface area contributed by atoms with Crippen molar-refractivity contribution in [2.75, 3.05) is 6.61 Å². The van der Waals surface area contributed by atoms with Crippen LogP contribution in [-0.2, 0) is 9.47 Å². The molecule has 0 aromatic carbocycles. The van der Waals surface area contributed by atoms with Crippen LogP contribution >= 0.6 is 12.6 Å². The van der Waals surface area contributed by atoms with Crippen molar-refractivity contribution < 1.29 is 9.47 Å². The van der Waals surface area contributed by atoms with Crippen LogP contribution in [0, 0.1) is 17.3 Å². The van der Waals surface area contributed by atoms with Crippen LogP contribution in [0.1, 0.15) is 103 Å². The summed E-state index contributed by atoms with van der Waals surface area (Å²) < 4.78 is 12.5. The van der Waals surface area contributed by atoms with Crippen molar-refractivity contribution in [3.8, 4) is 0 Å². The monoisotopic (exact) mass is 388 g/mol. The van der Waals surface area contributed by atoms with Crippen molar-refractivity contribution in [3.05, 3.63) is 0 Å². The maximum absolute atomic E-state index is 6.41. The molecule has 0 saturated heterocycles. The number of hydrogen-bond donors (Lipinski definition) is 1. The molecular formula is C23H48O2S. The molecule has 0 fully saturated rings. The van der Waals surface area contributed by atoms with E-state index in [9.17, 15) is 0 Å². The zero-order valence-electron chi connectivity index (χ0n) is 20.0. The molecule has 0 aliphatic rings. The Morgan fingerprint density at radius 3 is 1.62 bits per heavy atom. The van der Waals surface area contributed by atoms with Crippen molar-refractivity contribution in [3.63, 3.8) is 0 Å². The quantitative estimate of drug-likeness (QED) is 0.400. The second-order valence-corrected chi connectivity index (χ2v) is 12.7. The van der Waals surface area contributed by atoms with Gasteiger partial charge in [0.25, 0.3) is 0 Å². The molecule has 2 atom stereocenters. The van der Waals surface area contributed by atoms with Crippen LogP contribution < -0.4 is 0 Å². The Bertz CT molecular complexity index is 424. The van der Waals surface area contributed by atoms with Gasteiger partial charge in [-0.1, -0.05) is 34.6 Å². The lowest BCUT2D eigenvalue weighted by molar-refractivity contribution is -0.151. The van der Waals surface area contributed by atoms with Crippen molar-refractivity contribution in [2.24, 2.45) is 17.3 Å². The second-order valence-electron chi connectivity index (χ2n) is 11.6. The lowest BCUT2D eigenvalue weighted by Crippen LogP contribution is -2.49. The number of ether oxygens (including phenoxy) is 2. The highest BCUT2D eigenvalue weighted by Crippen LogP contribution is 2.37. The van der Waals surface area contributed by atoms with Gasteiger partial charge in [0.2, 0.25) is 0 Å². The highest BCUT2D eigenvalue weighted by atomic mass is 32.1. The van der Waals surface area contributed by atoms with Crippen molar-refractivity contribution in [1.82, 2.24) is 0 Å². The smallest absolute Gasteiger partial charge is 0.0771 e. The van der Waals surface area contributed by atoms with Gasteiger partial charge in [-0.3, -0.25) is 0 Å². The summed E-state index contributed by atoms with van der Waals surface area (Å²) in [7, 11) is 0. The van der Waals surface area contributed by atoms with Gasteiger partial charge in [0, 0.05) is 4.75 Å². The second kappa shape index (κ2) is 8.74. The molecule has 0 heterocycles. The molecule has 2 unspecified atom stereocenters. The van der Waals surface area contributed by atoms with Crippen LogP contribution in [0.3, 0.4) is 0 Å². The Labute approximate surface area is 170 Å². The molecular weight excluding hydrogens is 340 g/mol. The molecule has 158 valence electrons. The third-order valence-corrected chi connectivity index (χ3v) is 6.77. The SMILES string of the molecule is CC(CC(C)(C)OCCC(C)(C)OC(C)(C)C(C)(C)S)C(C)C(C)(C)C. The first-order valence-electron chi connectivity index (χ1n) is 10.3. The molecule has 0 aliphatic carbocycles. The average molecular weight is 389 g/mol. The highest BCUT2D eigenvalue weighted by molar-refractivity contribution is 7.81. The van der Waals surface area contributed by atoms with Crippen LogP contribution in [0.2, 0.25) is 0 Å². The first-order valence-corrected chi connectivity index (χ1v) is 10.7. The summed E-state index contributed by atoms with van der Waals surface area (Å²) in [6.07, 6.45) is 1.94. The van der Waals surface area contributed by atoms with E-state index in [0.29, 0.717) is 23.9 Å². The molecule has 3 heteroatoms. The van der Waals surface area contributed by atoms with Crippen molar-refractivity contribution in [1.29, 1.82) is 0 Å². The Balaban J connectivity index is 4.64. The molecule has 26 heavy (non-hydrogen) atoms. The summed E-state index contributed by atoms with van der Waals surface area (Å²) in [5.74, 6) is 1.28. The maximum Gasteiger partial charge on any atom is 0.0771 e. The zero-order chi connectivity index (χ0) is 21.2. The molecule has 0 spiro atoms. The molecule has 0 aliphatic heterocycles. The van der Waals surface area contributed by atoms with Gasteiger partial charge in [0.15, 0.2) is 0 Å². The fraction of sp³-hybridized carbons (Fsp3) is 1.00. The molecule has 0 N–H and O–H groups in total. The fourth-order valence-electron chi connectivity index (χ4n) is 3.30. The minimum absolute atomic E-state index is 0.118. The minimum atomic E-state index is -0.314. The summed E-state index contributed by atoms with van der Waals surface area (Å²) in [6.45, 7) is 29.6. The first-order chi connectivity index (χ1) is 11.2. The molecule has 0 rings (SSSR count). The van der Waals surface area contributed by atoms with E-state index in [1.54, 1.807) is 0 Å². The lowest BCUT2D eigenvalue weighted by atomic mass is 9.72. The van der Waals surface area contributed by atoms with Crippen LogP contribution in [0.4, 0.5) is 0 Å². The largest absolute Gasteiger partial charge is 0.375 e. The van der Waals surface area contributed by atoms with Gasteiger partial charge in [-0.15, -0.1) is 0 Å². The van der Waals surface area contributed by atoms with Gasteiger partial charge in [0.05, 0.1) is 23.4 Å². The fourth-order valence-corrected chi connectivity index (χ4v) is 3.35. The molecule has 0 radical (unpaired) electrons. The Morgan fingerprint density at radius 1 is 0.769 bits per heavy atom. The van der Waals surface area contributed by atoms with Crippen LogP contribution in [0.15, 0.2) is 0 Å². The Kier molecular flexibility index (Phi) is 8.83. The molecule has 0 aromatic rings. The van der Waals surface area contributed by atoms with Gasteiger partial charge in [-0.05, 0) is 85.5 Å². The standard InChI is InChI=1S/C23H48O2S/c1-17(18(2)19(3,4)5)16-21(8,9)24-15-14-20(6,7)25-22(10,11)23(12,13)26/h17-18,26H,14-16H2,1-13H3. The van der Waals surface area contributed by atoms with E-state index < -0.39 is 0 Å². The summed E-state index contributed by atoms with van der Waals surface area (Å²) in [6, 6.07) is 0. The normalized spacial score (nSPS) is 17.3. The Hall–Kier alpha value is 0.270. The van der Waals surface area contributed by atoms with Crippen molar-refractivity contribution in [2.45, 2.75) is 124 Å². The predicted molar refractivity (Wildman–Crippen MR) is 119 cm³/mol. The van der Waals surface area contributed by atoms with Gasteiger partial charge in [0.1, 0.15) is 0 Å². The van der Waals surface area contributed by atoms with Gasteiger partial charge in [-0.2, -0.15) is 12.6 Å². The van der Waals surface area contributed by atoms with E-state index in [4.69, 9.17) is 22.1 Å². The minimum Gasteiger partial charge on any atom is -0.375 e. The first kappa shape index (κ1) is 26.3. The van der Waals surface area contributed by atoms with Gasteiger partial charge < -0.3 is 9.47 Å². The van der Waals surface area contributed by atoms with Crippen LogP contribution in [-0.4, -0.2) is 28.2 Å². The van der Waals surface area contributed by atoms with E-state index in [0.717, 1.165) is 12.8 Å². The third kappa shape index (κ3) is 8.97. The topological polar surface area (TPSA) is 18.5 Å². The van der Waals surface area contributed by atoms with Crippen molar-refractivity contribution >= 4 is 12.6 Å². The number of hydrogen-bond acceptors (Lipinski definition) is 3. The molecule has 0 aromatic heterocycles. The summed E-state index contributed by atoms with van der Waals surface area (Å²) >= 11 is 4.71. The molecule has 0 saturated carbocycles. The average Bonchev–Trinajstić information content (AvgIpc) is 2.32. The highest BCUT2D eigenvalue weighted by Gasteiger charge is 2.39. The third-order valence-electron chi connectivity index (χ3n) is 6.23. The summed E-state index contributed by atoms with van der Waals surface area (Å²) in [5.41, 5.74) is -0.348. The molecule has 0 bridgehead atoms. The van der Waals surface area contributed by atoms with E-state index in [-0.39, 0.29) is 21.6 Å². The predicted octanol–water partition coefficient (Wildman–Crippen LogP) is 7.16. The number of thiol groups is 1. The van der Waals surface area contributed by atoms with Crippen LogP contribution in [0.5, 0.6) is 0 Å².